The first-order valence-corrected chi connectivity index (χ1v) is 7.13. The van der Waals surface area contributed by atoms with Crippen molar-refractivity contribution < 1.29 is 0 Å². The number of hydrogen-bond donors (Lipinski definition) is 1. The van der Waals surface area contributed by atoms with Crippen LogP contribution in [-0.4, -0.2) is 15.9 Å². The van der Waals surface area contributed by atoms with Gasteiger partial charge in [-0.3, -0.25) is 9.72 Å². The van der Waals surface area contributed by atoms with E-state index in [9.17, 15) is 5.26 Å². The minimum atomic E-state index is -0.278. The summed E-state index contributed by atoms with van der Waals surface area (Å²) in [5.41, 5.74) is 3.07. The van der Waals surface area contributed by atoms with Gasteiger partial charge in [0, 0.05) is 11.1 Å². The van der Waals surface area contributed by atoms with Gasteiger partial charge in [-0.1, -0.05) is 13.3 Å². The van der Waals surface area contributed by atoms with Crippen molar-refractivity contribution in [2.24, 2.45) is 0 Å². The zero-order valence-corrected chi connectivity index (χ0v) is 11.8. The van der Waals surface area contributed by atoms with Crippen LogP contribution >= 0.6 is 11.3 Å². The number of aryl methyl sites for hydroxylation is 2. The van der Waals surface area contributed by atoms with Crippen molar-refractivity contribution in [2.45, 2.75) is 39.7 Å². The van der Waals surface area contributed by atoms with Crippen LogP contribution in [0.1, 0.15) is 42.9 Å². The molecule has 2 heterocycles. The summed E-state index contributed by atoms with van der Waals surface area (Å²) >= 11 is 1.62. The summed E-state index contributed by atoms with van der Waals surface area (Å²) in [5.74, 6) is 0. The van der Waals surface area contributed by atoms with Crippen molar-refractivity contribution in [3.63, 3.8) is 0 Å². The van der Waals surface area contributed by atoms with Crippen LogP contribution in [0.2, 0.25) is 0 Å². The third-order valence-electron chi connectivity index (χ3n) is 3.04. The van der Waals surface area contributed by atoms with Crippen LogP contribution in [0, 0.1) is 25.2 Å². The molecule has 0 saturated carbocycles. The van der Waals surface area contributed by atoms with Crippen LogP contribution < -0.4 is 5.32 Å². The third kappa shape index (κ3) is 2.26. The predicted molar refractivity (Wildman–Crippen MR) is 73.8 cm³/mol. The second-order valence-corrected chi connectivity index (χ2v) is 5.28. The highest BCUT2D eigenvalue weighted by molar-refractivity contribution is 7.15. The van der Waals surface area contributed by atoms with Gasteiger partial charge in [-0.2, -0.15) is 5.26 Å². The molecule has 0 spiro atoms. The van der Waals surface area contributed by atoms with Crippen molar-refractivity contribution in [3.8, 4) is 6.07 Å². The monoisotopic (exact) mass is 262 g/mol. The van der Waals surface area contributed by atoms with Crippen molar-refractivity contribution >= 4 is 16.3 Å². The lowest BCUT2D eigenvalue weighted by Gasteiger charge is -2.12. The Morgan fingerprint density at radius 1 is 1.56 bits per heavy atom. The van der Waals surface area contributed by atoms with E-state index in [0.29, 0.717) is 0 Å². The Balaban J connectivity index is 2.35. The molecule has 1 atom stereocenters. The largest absolute Gasteiger partial charge is 0.297 e. The Labute approximate surface area is 111 Å². The zero-order valence-electron chi connectivity index (χ0n) is 11.0. The van der Waals surface area contributed by atoms with Crippen LogP contribution in [0.3, 0.4) is 0 Å². The van der Waals surface area contributed by atoms with Gasteiger partial charge in [0.1, 0.15) is 6.04 Å². The zero-order chi connectivity index (χ0) is 13.1. The maximum Gasteiger partial charge on any atom is 0.194 e. The Hall–Kier alpha value is -1.38. The fraction of sp³-hybridized carbons (Fsp3) is 0.538. The molecular weight excluding hydrogens is 244 g/mol. The number of nitrogens with zero attached hydrogens (tertiary/aromatic N) is 3. The number of imidazole rings is 1. The van der Waals surface area contributed by atoms with Gasteiger partial charge in [0.15, 0.2) is 4.96 Å². The number of rotatable bonds is 5. The van der Waals surface area contributed by atoms with Crippen molar-refractivity contribution in [3.05, 3.63) is 22.5 Å². The van der Waals surface area contributed by atoms with Gasteiger partial charge < -0.3 is 0 Å². The SMILES string of the molecule is CCCCNC(C#N)c1c(C)nc2scc(C)n12. The fourth-order valence-corrected chi connectivity index (χ4v) is 3.01. The first-order valence-electron chi connectivity index (χ1n) is 6.25. The molecule has 2 aromatic heterocycles. The Morgan fingerprint density at radius 2 is 2.33 bits per heavy atom. The molecule has 2 aromatic rings. The van der Waals surface area contributed by atoms with E-state index in [1.807, 2.05) is 6.92 Å². The highest BCUT2D eigenvalue weighted by Gasteiger charge is 2.20. The lowest BCUT2D eigenvalue weighted by atomic mass is 10.2. The maximum atomic E-state index is 9.36. The summed E-state index contributed by atoms with van der Waals surface area (Å²) in [6.45, 7) is 7.04. The van der Waals surface area contributed by atoms with E-state index in [4.69, 9.17) is 0 Å². The molecule has 0 radical (unpaired) electrons. The fourth-order valence-electron chi connectivity index (χ4n) is 2.09. The first-order chi connectivity index (χ1) is 8.69. The Morgan fingerprint density at radius 3 is 3.00 bits per heavy atom. The summed E-state index contributed by atoms with van der Waals surface area (Å²) in [6, 6.07) is 2.07. The van der Waals surface area contributed by atoms with Gasteiger partial charge in [-0.05, 0) is 26.8 Å². The Kier molecular flexibility index (Phi) is 4.00. The molecule has 0 bridgehead atoms. The first kappa shape index (κ1) is 13.1. The van der Waals surface area contributed by atoms with Gasteiger partial charge in [0.05, 0.1) is 17.5 Å². The summed E-state index contributed by atoms with van der Waals surface area (Å²) in [5, 5.41) is 14.7. The average Bonchev–Trinajstić information content (AvgIpc) is 2.86. The van der Waals surface area contributed by atoms with Crippen molar-refractivity contribution in [1.29, 1.82) is 5.26 Å². The third-order valence-corrected chi connectivity index (χ3v) is 3.98. The molecule has 0 aliphatic carbocycles. The molecule has 18 heavy (non-hydrogen) atoms. The van der Waals surface area contributed by atoms with Crippen LogP contribution in [0.4, 0.5) is 0 Å². The highest BCUT2D eigenvalue weighted by atomic mass is 32.1. The number of unbranched alkanes of at least 4 members (excludes halogenated alkanes) is 1. The van der Waals surface area contributed by atoms with Crippen LogP contribution in [0.5, 0.6) is 0 Å². The standard InChI is InChI=1S/C13H18N4S/c1-4-5-6-15-11(7-14)12-10(3)16-13-17(12)9(2)8-18-13/h8,11,15H,4-6H2,1-3H3. The molecule has 0 saturated heterocycles. The predicted octanol–water partition coefficient (Wildman–Crippen LogP) is 2.97. The van der Waals surface area contributed by atoms with Gasteiger partial charge in [-0.25, -0.2) is 4.98 Å². The highest BCUT2D eigenvalue weighted by Crippen LogP contribution is 2.24. The molecule has 5 heteroatoms. The van der Waals surface area contributed by atoms with Gasteiger partial charge in [0.25, 0.3) is 0 Å². The molecule has 0 amide bonds. The van der Waals surface area contributed by atoms with Gasteiger partial charge in [-0.15, -0.1) is 11.3 Å². The topological polar surface area (TPSA) is 53.1 Å². The lowest BCUT2D eigenvalue weighted by Crippen LogP contribution is -2.23. The number of nitrogens with one attached hydrogen (secondary N) is 1. The minimum Gasteiger partial charge on any atom is -0.297 e. The van der Waals surface area contributed by atoms with Crippen molar-refractivity contribution in [2.75, 3.05) is 6.54 Å². The van der Waals surface area contributed by atoms with Crippen molar-refractivity contribution in [1.82, 2.24) is 14.7 Å². The van der Waals surface area contributed by atoms with Gasteiger partial charge >= 0.3 is 0 Å². The van der Waals surface area contributed by atoms with E-state index < -0.39 is 0 Å². The molecule has 1 unspecified atom stereocenters. The molecular formula is C13H18N4S. The molecule has 0 aliphatic heterocycles. The summed E-state index contributed by atoms with van der Waals surface area (Å²) in [7, 11) is 0. The van der Waals surface area contributed by atoms with E-state index >= 15 is 0 Å². The average molecular weight is 262 g/mol. The summed E-state index contributed by atoms with van der Waals surface area (Å²) in [4.78, 5) is 5.49. The molecule has 0 aromatic carbocycles. The van der Waals surface area contributed by atoms with E-state index in [0.717, 1.165) is 41.4 Å². The summed E-state index contributed by atoms with van der Waals surface area (Å²) in [6.07, 6.45) is 2.21. The van der Waals surface area contributed by atoms with E-state index in [1.54, 1.807) is 11.3 Å². The molecule has 96 valence electrons. The van der Waals surface area contributed by atoms with E-state index in [2.05, 4.69) is 40.0 Å². The second kappa shape index (κ2) is 5.51. The number of nitriles is 1. The quantitative estimate of drug-likeness (QED) is 0.843. The Bertz CT molecular complexity index is 576. The van der Waals surface area contributed by atoms with Crippen LogP contribution in [0.25, 0.3) is 4.96 Å². The molecule has 0 aliphatic rings. The number of fused-ring (bicyclic) bond motifs is 1. The normalized spacial score (nSPS) is 12.8. The number of thiazole rings is 1. The summed E-state index contributed by atoms with van der Waals surface area (Å²) < 4.78 is 2.09. The van der Waals surface area contributed by atoms with E-state index in [1.165, 1.54) is 0 Å². The van der Waals surface area contributed by atoms with Gasteiger partial charge in [0.2, 0.25) is 0 Å². The number of hydrogen-bond acceptors (Lipinski definition) is 4. The van der Waals surface area contributed by atoms with E-state index in [-0.39, 0.29) is 6.04 Å². The molecule has 1 N–H and O–H groups in total. The molecule has 2 rings (SSSR count). The van der Waals surface area contributed by atoms with Crippen LogP contribution in [0.15, 0.2) is 5.38 Å². The minimum absolute atomic E-state index is 0.278. The second-order valence-electron chi connectivity index (χ2n) is 4.45. The van der Waals surface area contributed by atoms with Crippen LogP contribution in [-0.2, 0) is 0 Å². The maximum absolute atomic E-state index is 9.36. The molecule has 4 nitrogen and oxygen atoms in total. The number of aromatic nitrogens is 2. The lowest BCUT2D eigenvalue weighted by molar-refractivity contribution is 0.582. The molecule has 0 fully saturated rings. The smallest absolute Gasteiger partial charge is 0.194 e.